The van der Waals surface area contributed by atoms with Gasteiger partial charge in [0.1, 0.15) is 17.5 Å². The maximum Gasteiger partial charge on any atom is 0.252 e. The van der Waals surface area contributed by atoms with Crippen LogP contribution in [0.2, 0.25) is 0 Å². The third-order valence-corrected chi connectivity index (χ3v) is 4.75. The number of hydrogen-bond donors (Lipinski definition) is 3. The van der Waals surface area contributed by atoms with E-state index >= 15 is 0 Å². The van der Waals surface area contributed by atoms with Crippen molar-refractivity contribution < 1.29 is 23.9 Å². The van der Waals surface area contributed by atoms with E-state index in [9.17, 15) is 14.4 Å². The summed E-state index contributed by atoms with van der Waals surface area (Å²) in [5, 5.41) is 8.48. The first-order valence-electron chi connectivity index (χ1n) is 10.7. The topological polar surface area (TPSA) is 106 Å². The molecular formula is C25H33N3O5. The molecule has 33 heavy (non-hydrogen) atoms. The SMILES string of the molecule is COc1cc(OC)cc(C(=O)NC(C(=O)Nc2ccc(C(=O)NC(C)(C)C)cc2)C(C)C)c1. The lowest BCUT2D eigenvalue weighted by Crippen LogP contribution is -2.47. The van der Waals surface area contributed by atoms with Crippen molar-refractivity contribution in [3.05, 3.63) is 53.6 Å². The van der Waals surface area contributed by atoms with Crippen molar-refractivity contribution in [1.82, 2.24) is 10.6 Å². The minimum absolute atomic E-state index is 0.168. The molecule has 8 heteroatoms. The number of carbonyl (C=O) groups is 3. The summed E-state index contributed by atoms with van der Waals surface area (Å²) < 4.78 is 10.4. The lowest BCUT2D eigenvalue weighted by atomic mass is 10.0. The van der Waals surface area contributed by atoms with Gasteiger partial charge in [0, 0.05) is 28.4 Å². The number of amides is 3. The summed E-state index contributed by atoms with van der Waals surface area (Å²) in [6, 6.07) is 10.6. The van der Waals surface area contributed by atoms with E-state index in [1.54, 1.807) is 42.5 Å². The lowest BCUT2D eigenvalue weighted by Gasteiger charge is -2.22. The first kappa shape index (κ1) is 25.7. The summed E-state index contributed by atoms with van der Waals surface area (Å²) >= 11 is 0. The van der Waals surface area contributed by atoms with Crippen LogP contribution in [0.5, 0.6) is 11.5 Å². The van der Waals surface area contributed by atoms with Gasteiger partial charge in [-0.3, -0.25) is 14.4 Å². The largest absolute Gasteiger partial charge is 0.497 e. The van der Waals surface area contributed by atoms with Crippen LogP contribution in [0.4, 0.5) is 5.69 Å². The summed E-state index contributed by atoms with van der Waals surface area (Å²) in [5.41, 5.74) is 0.983. The van der Waals surface area contributed by atoms with Crippen LogP contribution in [-0.2, 0) is 4.79 Å². The van der Waals surface area contributed by atoms with Gasteiger partial charge in [-0.15, -0.1) is 0 Å². The Balaban J connectivity index is 2.11. The fourth-order valence-corrected chi connectivity index (χ4v) is 3.04. The predicted octanol–water partition coefficient (Wildman–Crippen LogP) is 3.63. The molecule has 0 saturated carbocycles. The minimum Gasteiger partial charge on any atom is -0.497 e. The highest BCUT2D eigenvalue weighted by Gasteiger charge is 2.25. The Morgan fingerprint density at radius 2 is 1.36 bits per heavy atom. The molecular weight excluding hydrogens is 422 g/mol. The number of methoxy groups -OCH3 is 2. The highest BCUT2D eigenvalue weighted by Crippen LogP contribution is 2.23. The fraction of sp³-hybridized carbons (Fsp3) is 0.400. The van der Waals surface area contributed by atoms with E-state index in [2.05, 4.69) is 16.0 Å². The molecule has 1 atom stereocenters. The molecule has 0 heterocycles. The van der Waals surface area contributed by atoms with Crippen LogP contribution in [0, 0.1) is 5.92 Å². The van der Waals surface area contributed by atoms with Crippen LogP contribution < -0.4 is 25.4 Å². The maximum absolute atomic E-state index is 12.9. The number of ether oxygens (including phenoxy) is 2. The normalized spacial score (nSPS) is 12.0. The highest BCUT2D eigenvalue weighted by molar-refractivity contribution is 6.02. The van der Waals surface area contributed by atoms with Gasteiger partial charge in [-0.1, -0.05) is 13.8 Å². The molecule has 3 N–H and O–H groups in total. The Kier molecular flexibility index (Phi) is 8.45. The summed E-state index contributed by atoms with van der Waals surface area (Å²) in [4.78, 5) is 38.0. The monoisotopic (exact) mass is 455 g/mol. The lowest BCUT2D eigenvalue weighted by molar-refractivity contribution is -0.118. The summed E-state index contributed by atoms with van der Waals surface area (Å²) in [6.07, 6.45) is 0. The van der Waals surface area contributed by atoms with Crippen LogP contribution in [-0.4, -0.2) is 43.5 Å². The Bertz CT molecular complexity index is 972. The second-order valence-corrected chi connectivity index (χ2v) is 9.07. The zero-order chi connectivity index (χ0) is 24.8. The Morgan fingerprint density at radius 3 is 1.82 bits per heavy atom. The van der Waals surface area contributed by atoms with Gasteiger partial charge in [-0.05, 0) is 63.1 Å². The van der Waals surface area contributed by atoms with E-state index in [1.165, 1.54) is 14.2 Å². The molecule has 0 aliphatic heterocycles. The maximum atomic E-state index is 12.9. The van der Waals surface area contributed by atoms with Crippen LogP contribution in [0.25, 0.3) is 0 Å². The molecule has 178 valence electrons. The summed E-state index contributed by atoms with van der Waals surface area (Å²) in [5.74, 6) is -0.198. The molecule has 0 aliphatic rings. The van der Waals surface area contributed by atoms with Crippen molar-refractivity contribution in [3.63, 3.8) is 0 Å². The van der Waals surface area contributed by atoms with E-state index < -0.39 is 11.9 Å². The molecule has 0 saturated heterocycles. The van der Waals surface area contributed by atoms with Crippen LogP contribution in [0.3, 0.4) is 0 Å². The van der Waals surface area contributed by atoms with E-state index in [1.807, 2.05) is 34.6 Å². The molecule has 2 rings (SSSR count). The van der Waals surface area contributed by atoms with Gasteiger partial charge >= 0.3 is 0 Å². The molecule has 0 aliphatic carbocycles. The third kappa shape index (κ3) is 7.52. The molecule has 0 spiro atoms. The van der Waals surface area contributed by atoms with E-state index in [-0.39, 0.29) is 23.3 Å². The number of carbonyl (C=O) groups excluding carboxylic acids is 3. The van der Waals surface area contributed by atoms with Gasteiger partial charge in [0.05, 0.1) is 14.2 Å². The second kappa shape index (κ2) is 10.8. The van der Waals surface area contributed by atoms with Crippen LogP contribution >= 0.6 is 0 Å². The first-order valence-corrected chi connectivity index (χ1v) is 10.7. The van der Waals surface area contributed by atoms with Crippen molar-refractivity contribution in [2.75, 3.05) is 19.5 Å². The summed E-state index contributed by atoms with van der Waals surface area (Å²) in [6.45, 7) is 9.40. The molecule has 0 radical (unpaired) electrons. The molecule has 2 aromatic carbocycles. The quantitative estimate of drug-likeness (QED) is 0.564. The van der Waals surface area contributed by atoms with Gasteiger partial charge in [0.2, 0.25) is 5.91 Å². The smallest absolute Gasteiger partial charge is 0.252 e. The number of nitrogens with one attached hydrogen (secondary N) is 3. The third-order valence-electron chi connectivity index (χ3n) is 4.75. The van der Waals surface area contributed by atoms with Gasteiger partial charge in [0.25, 0.3) is 11.8 Å². The van der Waals surface area contributed by atoms with E-state index in [4.69, 9.17) is 9.47 Å². The molecule has 0 aromatic heterocycles. The average Bonchev–Trinajstić information content (AvgIpc) is 2.75. The standard InChI is InChI=1S/C25H33N3O5/c1-15(2)21(27-22(29)17-12-19(32-6)14-20(13-17)33-7)24(31)26-18-10-8-16(9-11-18)23(30)28-25(3,4)5/h8-15,21H,1-7H3,(H,26,31)(H,27,29)(H,28,30). The van der Waals surface area contributed by atoms with Gasteiger partial charge < -0.3 is 25.4 Å². The number of hydrogen-bond acceptors (Lipinski definition) is 5. The van der Waals surface area contributed by atoms with Crippen molar-refractivity contribution in [3.8, 4) is 11.5 Å². The van der Waals surface area contributed by atoms with Crippen LogP contribution in [0.1, 0.15) is 55.3 Å². The predicted molar refractivity (Wildman–Crippen MR) is 128 cm³/mol. The summed E-state index contributed by atoms with van der Waals surface area (Å²) in [7, 11) is 3.00. The van der Waals surface area contributed by atoms with Gasteiger partial charge in [-0.2, -0.15) is 0 Å². The van der Waals surface area contributed by atoms with E-state index in [0.717, 1.165) is 0 Å². The fourth-order valence-electron chi connectivity index (χ4n) is 3.04. The van der Waals surface area contributed by atoms with Crippen LogP contribution in [0.15, 0.2) is 42.5 Å². The number of anilines is 1. The zero-order valence-corrected chi connectivity index (χ0v) is 20.2. The average molecular weight is 456 g/mol. The molecule has 0 bridgehead atoms. The Hall–Kier alpha value is -3.55. The molecule has 8 nitrogen and oxygen atoms in total. The van der Waals surface area contributed by atoms with Crippen molar-refractivity contribution in [2.24, 2.45) is 5.92 Å². The van der Waals surface area contributed by atoms with Gasteiger partial charge in [0.15, 0.2) is 0 Å². The Morgan fingerprint density at radius 1 is 0.818 bits per heavy atom. The first-order chi connectivity index (χ1) is 15.4. The van der Waals surface area contributed by atoms with Gasteiger partial charge in [-0.25, -0.2) is 0 Å². The van der Waals surface area contributed by atoms with Crippen molar-refractivity contribution in [1.29, 1.82) is 0 Å². The van der Waals surface area contributed by atoms with E-state index in [0.29, 0.717) is 28.3 Å². The highest BCUT2D eigenvalue weighted by atomic mass is 16.5. The number of benzene rings is 2. The van der Waals surface area contributed by atoms with Crippen molar-refractivity contribution in [2.45, 2.75) is 46.2 Å². The minimum atomic E-state index is -0.779. The zero-order valence-electron chi connectivity index (χ0n) is 20.2. The molecule has 1 unspecified atom stereocenters. The van der Waals surface area contributed by atoms with Crippen molar-refractivity contribution >= 4 is 23.4 Å². The molecule has 2 aromatic rings. The molecule has 3 amide bonds. The Labute approximate surface area is 195 Å². The number of rotatable bonds is 8. The molecule has 0 fully saturated rings. The second-order valence-electron chi connectivity index (χ2n) is 9.07.